The van der Waals surface area contributed by atoms with E-state index in [9.17, 15) is 25.2 Å². The van der Waals surface area contributed by atoms with E-state index < -0.39 is 0 Å². The Morgan fingerprint density at radius 2 is 1.50 bits per heavy atom. The number of ketones is 1. The first kappa shape index (κ1) is 17.1. The molecule has 0 aromatic heterocycles. The Hall–Kier alpha value is -3.21. The third kappa shape index (κ3) is 4.91. The topological polar surface area (TPSA) is 98.0 Å². The van der Waals surface area contributed by atoms with Gasteiger partial charge in [0.1, 0.15) is 0 Å². The molecule has 0 amide bonds. The van der Waals surface area contributed by atoms with Crippen molar-refractivity contribution in [1.82, 2.24) is 0 Å². The first-order chi connectivity index (χ1) is 11.5. The van der Waals surface area contributed by atoms with Gasteiger partial charge in [0.15, 0.2) is 28.8 Å². The Morgan fingerprint density at radius 1 is 0.833 bits per heavy atom. The quantitative estimate of drug-likeness (QED) is 0.371. The molecule has 4 N–H and O–H groups in total. The molecular formula is C19H18O5. The van der Waals surface area contributed by atoms with Crippen LogP contribution >= 0.6 is 0 Å². The molecule has 0 radical (unpaired) electrons. The molecule has 0 aliphatic rings. The number of aryl methyl sites for hydroxylation is 1. The van der Waals surface area contributed by atoms with Gasteiger partial charge in [0.2, 0.25) is 0 Å². The summed E-state index contributed by atoms with van der Waals surface area (Å²) in [5.74, 6) is -0.834. The maximum atomic E-state index is 11.8. The molecule has 0 saturated carbocycles. The van der Waals surface area contributed by atoms with Crippen molar-refractivity contribution in [2.24, 2.45) is 0 Å². The Bertz CT molecular complexity index is 790. The molecule has 24 heavy (non-hydrogen) atoms. The highest BCUT2D eigenvalue weighted by molar-refractivity contribution is 5.90. The van der Waals surface area contributed by atoms with Crippen LogP contribution in [0.3, 0.4) is 0 Å². The molecule has 0 fully saturated rings. The fourth-order valence-corrected chi connectivity index (χ4v) is 2.05. The monoisotopic (exact) mass is 326 g/mol. The third-order valence-electron chi connectivity index (χ3n) is 3.38. The van der Waals surface area contributed by atoms with E-state index in [1.165, 1.54) is 30.3 Å². The van der Waals surface area contributed by atoms with Crippen LogP contribution in [-0.4, -0.2) is 26.2 Å². The van der Waals surface area contributed by atoms with Gasteiger partial charge < -0.3 is 20.4 Å². The van der Waals surface area contributed by atoms with Gasteiger partial charge in [-0.05, 0) is 47.9 Å². The van der Waals surface area contributed by atoms with Crippen molar-refractivity contribution < 1.29 is 25.2 Å². The molecule has 0 aliphatic carbocycles. The number of phenols is 4. The number of allylic oxidation sites excluding steroid dienone is 3. The van der Waals surface area contributed by atoms with Crippen LogP contribution in [0.4, 0.5) is 0 Å². The maximum Gasteiger partial charge on any atom is 0.157 e. The highest BCUT2D eigenvalue weighted by Gasteiger charge is 2.03. The molecule has 5 nitrogen and oxygen atoms in total. The lowest BCUT2D eigenvalue weighted by atomic mass is 10.1. The zero-order valence-corrected chi connectivity index (χ0v) is 12.9. The highest BCUT2D eigenvalue weighted by Crippen LogP contribution is 2.26. The predicted octanol–water partition coefficient (Wildman–Crippen LogP) is 3.28. The molecule has 0 bridgehead atoms. The molecule has 2 aromatic carbocycles. The highest BCUT2D eigenvalue weighted by atomic mass is 16.3. The van der Waals surface area contributed by atoms with Crippen molar-refractivity contribution >= 4 is 11.9 Å². The minimum absolute atomic E-state index is 0.0687. The molecule has 0 heterocycles. The molecule has 0 atom stereocenters. The summed E-state index contributed by atoms with van der Waals surface area (Å²) in [5.41, 5.74) is 1.46. The Labute approximate surface area is 139 Å². The van der Waals surface area contributed by atoms with Crippen molar-refractivity contribution in [3.63, 3.8) is 0 Å². The minimum Gasteiger partial charge on any atom is -0.504 e. The summed E-state index contributed by atoms with van der Waals surface area (Å²) >= 11 is 0. The van der Waals surface area contributed by atoms with Crippen molar-refractivity contribution in [2.45, 2.75) is 12.8 Å². The number of aromatic hydroxyl groups is 4. The second-order valence-corrected chi connectivity index (χ2v) is 5.26. The average Bonchev–Trinajstić information content (AvgIpc) is 2.56. The Kier molecular flexibility index (Phi) is 5.63. The minimum atomic E-state index is -0.200. The van der Waals surface area contributed by atoms with E-state index in [2.05, 4.69) is 0 Å². The number of hydrogen-bond donors (Lipinski definition) is 4. The summed E-state index contributed by atoms with van der Waals surface area (Å²) in [6, 6.07) is 8.92. The molecule has 0 spiro atoms. The van der Waals surface area contributed by atoms with Gasteiger partial charge in [0.05, 0.1) is 0 Å². The van der Waals surface area contributed by atoms with Gasteiger partial charge in [-0.25, -0.2) is 0 Å². The van der Waals surface area contributed by atoms with E-state index in [0.29, 0.717) is 12.0 Å². The molecule has 2 rings (SSSR count). The summed E-state index contributed by atoms with van der Waals surface area (Å²) < 4.78 is 0. The zero-order chi connectivity index (χ0) is 17.5. The Balaban J connectivity index is 1.85. The second kappa shape index (κ2) is 7.87. The largest absolute Gasteiger partial charge is 0.504 e. The SMILES string of the molecule is O=C(C=CC=Cc1ccc(O)c(O)c1)CCc1ccc(O)c(O)c1. The summed E-state index contributed by atoms with van der Waals surface area (Å²) in [5, 5.41) is 37.2. The summed E-state index contributed by atoms with van der Waals surface area (Å²) in [7, 11) is 0. The van der Waals surface area contributed by atoms with Gasteiger partial charge in [-0.2, -0.15) is 0 Å². The molecule has 2 aromatic rings. The van der Waals surface area contributed by atoms with E-state index in [4.69, 9.17) is 0 Å². The van der Waals surface area contributed by atoms with Crippen LogP contribution in [0.5, 0.6) is 23.0 Å². The third-order valence-corrected chi connectivity index (χ3v) is 3.38. The number of carbonyl (C=O) groups is 1. The van der Waals surface area contributed by atoms with E-state index in [1.807, 2.05) is 0 Å². The summed E-state index contributed by atoms with van der Waals surface area (Å²) in [6.45, 7) is 0. The lowest BCUT2D eigenvalue weighted by Crippen LogP contribution is -1.95. The van der Waals surface area contributed by atoms with Crippen LogP contribution in [0.2, 0.25) is 0 Å². The lowest BCUT2D eigenvalue weighted by molar-refractivity contribution is -0.114. The maximum absolute atomic E-state index is 11.8. The van der Waals surface area contributed by atoms with Crippen LogP contribution in [0.15, 0.2) is 54.6 Å². The molecule has 0 aliphatic heterocycles. The van der Waals surface area contributed by atoms with Crippen LogP contribution in [-0.2, 0) is 11.2 Å². The second-order valence-electron chi connectivity index (χ2n) is 5.26. The molecule has 5 heteroatoms. The van der Waals surface area contributed by atoms with Gasteiger partial charge in [-0.1, -0.05) is 30.4 Å². The average molecular weight is 326 g/mol. The van der Waals surface area contributed by atoms with Crippen LogP contribution in [0.1, 0.15) is 17.5 Å². The van der Waals surface area contributed by atoms with E-state index in [0.717, 1.165) is 5.56 Å². The van der Waals surface area contributed by atoms with E-state index >= 15 is 0 Å². The molecule has 0 unspecified atom stereocenters. The van der Waals surface area contributed by atoms with Crippen LogP contribution < -0.4 is 0 Å². The normalized spacial score (nSPS) is 11.3. The van der Waals surface area contributed by atoms with Gasteiger partial charge in [0, 0.05) is 6.42 Å². The van der Waals surface area contributed by atoms with Gasteiger partial charge >= 0.3 is 0 Å². The summed E-state index contributed by atoms with van der Waals surface area (Å²) in [4.78, 5) is 11.8. The van der Waals surface area contributed by atoms with Gasteiger partial charge in [-0.3, -0.25) is 4.79 Å². The number of rotatable bonds is 6. The number of benzene rings is 2. The molecular weight excluding hydrogens is 308 g/mol. The fraction of sp³-hybridized carbons (Fsp3) is 0.105. The number of hydrogen-bond acceptors (Lipinski definition) is 5. The Morgan fingerprint density at radius 3 is 2.17 bits per heavy atom. The van der Waals surface area contributed by atoms with Crippen LogP contribution in [0, 0.1) is 0 Å². The fourth-order valence-electron chi connectivity index (χ4n) is 2.05. The number of carbonyl (C=O) groups excluding carboxylic acids is 1. The predicted molar refractivity (Wildman–Crippen MR) is 91.0 cm³/mol. The first-order valence-corrected chi connectivity index (χ1v) is 7.36. The molecule has 124 valence electrons. The van der Waals surface area contributed by atoms with Crippen molar-refractivity contribution in [1.29, 1.82) is 0 Å². The lowest BCUT2D eigenvalue weighted by Gasteiger charge is -2.01. The van der Waals surface area contributed by atoms with Gasteiger partial charge in [0.25, 0.3) is 0 Å². The smallest absolute Gasteiger partial charge is 0.157 e. The molecule has 0 saturated heterocycles. The van der Waals surface area contributed by atoms with Gasteiger partial charge in [-0.15, -0.1) is 0 Å². The standard InChI is InChI=1S/C19H18O5/c20-15(8-5-14-7-10-17(22)19(24)12-14)4-2-1-3-13-6-9-16(21)18(23)11-13/h1-4,6-7,9-12,21-24H,5,8H2. The number of phenolic OH excluding ortho intramolecular Hbond substituents is 4. The van der Waals surface area contributed by atoms with Crippen molar-refractivity contribution in [3.05, 3.63) is 65.8 Å². The zero-order valence-electron chi connectivity index (χ0n) is 12.9. The van der Waals surface area contributed by atoms with Crippen molar-refractivity contribution in [3.8, 4) is 23.0 Å². The summed E-state index contributed by atoms with van der Waals surface area (Å²) in [6.07, 6.45) is 7.15. The van der Waals surface area contributed by atoms with E-state index in [1.54, 1.807) is 30.4 Å². The van der Waals surface area contributed by atoms with Crippen LogP contribution in [0.25, 0.3) is 6.08 Å². The van der Waals surface area contributed by atoms with Crippen molar-refractivity contribution in [2.75, 3.05) is 0 Å². The van der Waals surface area contributed by atoms with E-state index in [-0.39, 0.29) is 35.2 Å². The first-order valence-electron chi connectivity index (χ1n) is 7.36.